The third kappa shape index (κ3) is 2.48. The third-order valence-corrected chi connectivity index (χ3v) is 4.78. The molecule has 0 bridgehead atoms. The Hall–Kier alpha value is -0.980. The van der Waals surface area contributed by atoms with Gasteiger partial charge in [-0.3, -0.25) is 0 Å². The summed E-state index contributed by atoms with van der Waals surface area (Å²) in [6.45, 7) is 3.09. The van der Waals surface area contributed by atoms with Crippen LogP contribution in [0.1, 0.15) is 5.56 Å². The molecule has 1 saturated heterocycles. The van der Waals surface area contributed by atoms with Gasteiger partial charge in [-0.05, 0) is 30.7 Å². The van der Waals surface area contributed by atoms with E-state index in [1.165, 1.54) is 22.5 Å². The number of sulfonamides is 1. The Labute approximate surface area is 100 Å². The van der Waals surface area contributed by atoms with Gasteiger partial charge in [-0.25, -0.2) is 12.8 Å². The highest BCUT2D eigenvalue weighted by atomic mass is 32.2. The van der Waals surface area contributed by atoms with Crippen molar-refractivity contribution in [1.29, 1.82) is 0 Å². The Morgan fingerprint density at radius 2 is 1.94 bits per heavy atom. The molecule has 0 atom stereocenters. The SMILES string of the molecule is Cc1cc(F)ccc1S(=O)(=O)N1CCOCC1. The van der Waals surface area contributed by atoms with Crippen molar-refractivity contribution in [2.75, 3.05) is 26.3 Å². The highest BCUT2D eigenvalue weighted by Gasteiger charge is 2.27. The lowest BCUT2D eigenvalue weighted by molar-refractivity contribution is 0.0730. The first kappa shape index (κ1) is 12.5. The predicted octanol–water partition coefficient (Wildman–Crippen LogP) is 1.16. The standard InChI is InChI=1S/C11H14FNO3S/c1-9-8-10(12)2-3-11(9)17(14,15)13-4-6-16-7-5-13/h2-3,8H,4-7H2,1H3. The summed E-state index contributed by atoms with van der Waals surface area (Å²) in [5.74, 6) is -0.427. The van der Waals surface area contributed by atoms with Crippen LogP contribution in [0.25, 0.3) is 0 Å². The van der Waals surface area contributed by atoms with Crippen LogP contribution in [0, 0.1) is 12.7 Å². The van der Waals surface area contributed by atoms with E-state index in [9.17, 15) is 12.8 Å². The van der Waals surface area contributed by atoms with Crippen LogP contribution in [-0.2, 0) is 14.8 Å². The van der Waals surface area contributed by atoms with Crippen LogP contribution < -0.4 is 0 Å². The van der Waals surface area contributed by atoms with Crippen molar-refractivity contribution in [1.82, 2.24) is 4.31 Å². The number of rotatable bonds is 2. The zero-order valence-electron chi connectivity index (χ0n) is 9.52. The van der Waals surface area contributed by atoms with Gasteiger partial charge < -0.3 is 4.74 Å². The van der Waals surface area contributed by atoms with Crippen molar-refractivity contribution in [3.8, 4) is 0 Å². The third-order valence-electron chi connectivity index (χ3n) is 2.72. The second-order valence-corrected chi connectivity index (χ2v) is 5.83. The summed E-state index contributed by atoms with van der Waals surface area (Å²) < 4.78 is 44.0. The second kappa shape index (κ2) is 4.72. The maximum Gasteiger partial charge on any atom is 0.243 e. The summed E-state index contributed by atoms with van der Waals surface area (Å²) in [4.78, 5) is 0.167. The molecule has 6 heteroatoms. The van der Waals surface area contributed by atoms with E-state index in [1.54, 1.807) is 6.92 Å². The fourth-order valence-corrected chi connectivity index (χ4v) is 3.44. The van der Waals surface area contributed by atoms with Crippen molar-refractivity contribution in [2.24, 2.45) is 0 Å². The van der Waals surface area contributed by atoms with Crippen molar-refractivity contribution in [3.05, 3.63) is 29.6 Å². The highest BCUT2D eigenvalue weighted by molar-refractivity contribution is 7.89. The van der Waals surface area contributed by atoms with E-state index in [0.29, 0.717) is 31.9 Å². The van der Waals surface area contributed by atoms with E-state index in [1.807, 2.05) is 0 Å². The minimum Gasteiger partial charge on any atom is -0.379 e. The first-order valence-electron chi connectivity index (χ1n) is 5.36. The van der Waals surface area contributed by atoms with Crippen LogP contribution in [-0.4, -0.2) is 39.0 Å². The lowest BCUT2D eigenvalue weighted by Crippen LogP contribution is -2.40. The van der Waals surface area contributed by atoms with Crippen molar-refractivity contribution < 1.29 is 17.5 Å². The predicted molar refractivity (Wildman–Crippen MR) is 60.7 cm³/mol. The summed E-state index contributed by atoms with van der Waals surface area (Å²) >= 11 is 0. The molecule has 0 aliphatic carbocycles. The molecule has 2 rings (SSSR count). The fourth-order valence-electron chi connectivity index (χ4n) is 1.83. The van der Waals surface area contributed by atoms with E-state index >= 15 is 0 Å². The number of nitrogens with zero attached hydrogens (tertiary/aromatic N) is 1. The molecule has 0 spiro atoms. The average molecular weight is 259 g/mol. The highest BCUT2D eigenvalue weighted by Crippen LogP contribution is 2.21. The Morgan fingerprint density at radius 3 is 2.53 bits per heavy atom. The molecular formula is C11H14FNO3S. The first-order valence-corrected chi connectivity index (χ1v) is 6.80. The fraction of sp³-hybridized carbons (Fsp3) is 0.455. The number of hydrogen-bond donors (Lipinski definition) is 0. The molecule has 0 aromatic heterocycles. The van der Waals surface area contributed by atoms with Gasteiger partial charge in [0.2, 0.25) is 10.0 Å². The molecule has 0 radical (unpaired) electrons. The monoisotopic (exact) mass is 259 g/mol. The van der Waals surface area contributed by atoms with Gasteiger partial charge in [-0.1, -0.05) is 0 Å². The number of halogens is 1. The van der Waals surface area contributed by atoms with Crippen LogP contribution in [0.5, 0.6) is 0 Å². The van der Waals surface area contributed by atoms with E-state index in [4.69, 9.17) is 4.74 Å². The van der Waals surface area contributed by atoms with Crippen LogP contribution in [0.4, 0.5) is 4.39 Å². The van der Waals surface area contributed by atoms with Crippen LogP contribution in [0.15, 0.2) is 23.1 Å². The molecule has 1 aliphatic rings. The summed E-state index contributed by atoms with van der Waals surface area (Å²) in [6, 6.07) is 3.71. The molecule has 1 aromatic carbocycles. The van der Waals surface area contributed by atoms with Gasteiger partial charge in [-0.2, -0.15) is 4.31 Å². The quantitative estimate of drug-likeness (QED) is 0.800. The number of morpholine rings is 1. The number of ether oxygens (including phenoxy) is 1. The van der Waals surface area contributed by atoms with Gasteiger partial charge >= 0.3 is 0 Å². The maximum atomic E-state index is 12.9. The molecule has 1 aromatic rings. The zero-order chi connectivity index (χ0) is 12.5. The van der Waals surface area contributed by atoms with Crippen molar-refractivity contribution >= 4 is 10.0 Å². The van der Waals surface area contributed by atoms with E-state index in [0.717, 1.165) is 0 Å². The Morgan fingerprint density at radius 1 is 1.29 bits per heavy atom. The molecule has 4 nitrogen and oxygen atoms in total. The van der Waals surface area contributed by atoms with Gasteiger partial charge in [0.25, 0.3) is 0 Å². The smallest absolute Gasteiger partial charge is 0.243 e. The summed E-state index contributed by atoms with van der Waals surface area (Å²) in [6.07, 6.45) is 0. The zero-order valence-corrected chi connectivity index (χ0v) is 10.3. The molecule has 1 heterocycles. The lowest BCUT2D eigenvalue weighted by Gasteiger charge is -2.26. The van der Waals surface area contributed by atoms with Gasteiger partial charge in [0.15, 0.2) is 0 Å². The lowest BCUT2D eigenvalue weighted by atomic mass is 10.2. The van der Waals surface area contributed by atoms with Gasteiger partial charge in [0.1, 0.15) is 5.82 Å². The molecule has 94 valence electrons. The Kier molecular flexibility index (Phi) is 3.46. The molecular weight excluding hydrogens is 245 g/mol. The number of benzene rings is 1. The topological polar surface area (TPSA) is 46.6 Å². The largest absolute Gasteiger partial charge is 0.379 e. The summed E-state index contributed by atoms with van der Waals surface area (Å²) in [7, 11) is -3.52. The Balaban J connectivity index is 2.37. The molecule has 0 unspecified atom stereocenters. The molecule has 0 amide bonds. The molecule has 1 aliphatic heterocycles. The van der Waals surface area contributed by atoms with Gasteiger partial charge in [0, 0.05) is 13.1 Å². The van der Waals surface area contributed by atoms with E-state index in [2.05, 4.69) is 0 Å². The van der Waals surface area contributed by atoms with Crippen molar-refractivity contribution in [2.45, 2.75) is 11.8 Å². The van der Waals surface area contributed by atoms with Crippen LogP contribution in [0.2, 0.25) is 0 Å². The van der Waals surface area contributed by atoms with E-state index in [-0.39, 0.29) is 4.90 Å². The minimum atomic E-state index is -3.52. The first-order chi connectivity index (χ1) is 8.01. The number of aryl methyl sites for hydroxylation is 1. The molecule has 1 fully saturated rings. The van der Waals surface area contributed by atoms with Crippen LogP contribution in [0.3, 0.4) is 0 Å². The number of hydrogen-bond acceptors (Lipinski definition) is 3. The second-order valence-electron chi connectivity index (χ2n) is 3.93. The summed E-state index contributed by atoms with van der Waals surface area (Å²) in [5, 5.41) is 0. The average Bonchev–Trinajstić information content (AvgIpc) is 2.29. The van der Waals surface area contributed by atoms with Crippen molar-refractivity contribution in [3.63, 3.8) is 0 Å². The van der Waals surface area contributed by atoms with Crippen LogP contribution >= 0.6 is 0 Å². The normalized spacial score (nSPS) is 18.2. The molecule has 0 N–H and O–H groups in total. The Bertz CT molecular complexity index is 509. The molecule has 17 heavy (non-hydrogen) atoms. The maximum absolute atomic E-state index is 12.9. The van der Waals surface area contributed by atoms with Gasteiger partial charge in [0.05, 0.1) is 18.1 Å². The van der Waals surface area contributed by atoms with Gasteiger partial charge in [-0.15, -0.1) is 0 Å². The summed E-state index contributed by atoms with van der Waals surface area (Å²) in [5.41, 5.74) is 0.427. The molecule has 0 saturated carbocycles. The van der Waals surface area contributed by atoms with E-state index < -0.39 is 15.8 Å². The minimum absolute atomic E-state index is 0.167.